The minimum Gasteiger partial charge on any atom is -0.309 e. The smallest absolute Gasteiger partial charge is 0.124 e. The summed E-state index contributed by atoms with van der Waals surface area (Å²) in [6.45, 7) is 0. The second kappa shape index (κ2) is 11.9. The SMILES string of the molecule is c1ccc(-c2cc(-c3ccccc3)cc(-n3c4ccccc4c4cc5c(cc43)c3ccccc3n5-c3cccc(-c4nc5ccccc5s4)c3)c2)cc1. The van der Waals surface area contributed by atoms with Crippen LogP contribution < -0.4 is 0 Å². The first-order valence-electron chi connectivity index (χ1n) is 18.0. The highest BCUT2D eigenvalue weighted by molar-refractivity contribution is 7.21. The lowest BCUT2D eigenvalue weighted by Gasteiger charge is -2.14. The summed E-state index contributed by atoms with van der Waals surface area (Å²) in [7, 11) is 0. The molecule has 0 aliphatic heterocycles. The molecule has 3 nitrogen and oxygen atoms in total. The molecular weight excluding hydrogens is 663 g/mol. The molecule has 8 aromatic carbocycles. The van der Waals surface area contributed by atoms with Crippen LogP contribution in [0.5, 0.6) is 0 Å². The van der Waals surface area contributed by atoms with Crippen LogP contribution in [-0.2, 0) is 0 Å². The quantitative estimate of drug-likeness (QED) is 0.176. The third-order valence-electron chi connectivity index (χ3n) is 10.5. The average Bonchev–Trinajstić information content (AvgIpc) is 3.91. The van der Waals surface area contributed by atoms with Crippen molar-refractivity contribution in [1.82, 2.24) is 14.1 Å². The van der Waals surface area contributed by atoms with Crippen molar-refractivity contribution in [3.8, 4) is 44.2 Å². The van der Waals surface area contributed by atoms with Crippen LogP contribution in [0.25, 0.3) is 98.0 Å². The Morgan fingerprint density at radius 3 is 1.47 bits per heavy atom. The highest BCUT2D eigenvalue weighted by Gasteiger charge is 2.20. The molecule has 3 aromatic heterocycles. The van der Waals surface area contributed by atoms with Crippen molar-refractivity contribution in [3.05, 3.63) is 188 Å². The molecule has 0 saturated heterocycles. The second-order valence-electron chi connectivity index (χ2n) is 13.6. The highest BCUT2D eigenvalue weighted by Crippen LogP contribution is 2.41. The molecule has 11 aromatic rings. The number of aromatic nitrogens is 3. The summed E-state index contributed by atoms with van der Waals surface area (Å²) in [5.41, 5.74) is 14.0. The number of rotatable bonds is 5. The largest absolute Gasteiger partial charge is 0.309 e. The van der Waals surface area contributed by atoms with E-state index in [1.54, 1.807) is 11.3 Å². The maximum Gasteiger partial charge on any atom is 0.124 e. The zero-order valence-electron chi connectivity index (χ0n) is 28.6. The van der Waals surface area contributed by atoms with Crippen LogP contribution >= 0.6 is 11.3 Å². The van der Waals surface area contributed by atoms with E-state index in [0.717, 1.165) is 27.5 Å². The lowest BCUT2D eigenvalue weighted by Crippen LogP contribution is -1.96. The van der Waals surface area contributed by atoms with Gasteiger partial charge in [0.15, 0.2) is 0 Å². The average molecular weight is 694 g/mol. The van der Waals surface area contributed by atoms with Crippen LogP contribution in [0.1, 0.15) is 0 Å². The van der Waals surface area contributed by atoms with Gasteiger partial charge in [-0.25, -0.2) is 4.98 Å². The third kappa shape index (κ3) is 4.84. The van der Waals surface area contributed by atoms with Gasteiger partial charge < -0.3 is 9.13 Å². The van der Waals surface area contributed by atoms with E-state index in [-0.39, 0.29) is 0 Å². The number of nitrogens with zero attached hydrogens (tertiary/aromatic N) is 3. The Morgan fingerprint density at radius 2 is 0.849 bits per heavy atom. The molecule has 0 fully saturated rings. The predicted molar refractivity (Wildman–Crippen MR) is 225 cm³/mol. The van der Waals surface area contributed by atoms with Crippen LogP contribution in [0.15, 0.2) is 188 Å². The fourth-order valence-corrected chi connectivity index (χ4v) is 9.06. The number of para-hydroxylation sites is 3. The molecule has 0 atom stereocenters. The summed E-state index contributed by atoms with van der Waals surface area (Å²) in [6, 6.07) is 68.1. The van der Waals surface area contributed by atoms with E-state index < -0.39 is 0 Å². The molecule has 248 valence electrons. The molecule has 0 aliphatic carbocycles. The molecular formula is C49H31N3S. The molecule has 11 rings (SSSR count). The van der Waals surface area contributed by atoms with Gasteiger partial charge in [0.1, 0.15) is 5.01 Å². The molecule has 0 N–H and O–H groups in total. The standard InChI is InChI=1S/C49H31N3S/c1-3-14-32(15-4-1)35-26-36(33-16-5-2-6-17-33)29-38(28-35)52-45-24-11-8-21-40(45)42-30-46-41(31-47(42)52)39-20-7-10-23-44(39)51(46)37-19-13-18-34(27-37)49-50-43-22-9-12-25-48(43)53-49/h1-31H. The number of benzene rings is 8. The molecule has 0 amide bonds. The Balaban J connectivity index is 1.18. The first-order chi connectivity index (χ1) is 26.3. The highest BCUT2D eigenvalue weighted by atomic mass is 32.1. The van der Waals surface area contributed by atoms with Crippen LogP contribution in [-0.4, -0.2) is 14.1 Å². The minimum atomic E-state index is 1.03. The molecule has 0 unspecified atom stereocenters. The van der Waals surface area contributed by atoms with Gasteiger partial charge in [-0.2, -0.15) is 0 Å². The maximum absolute atomic E-state index is 4.99. The summed E-state index contributed by atoms with van der Waals surface area (Å²) in [5.74, 6) is 0. The van der Waals surface area contributed by atoms with Gasteiger partial charge in [0, 0.05) is 38.5 Å². The summed E-state index contributed by atoms with van der Waals surface area (Å²) < 4.78 is 6.09. The van der Waals surface area contributed by atoms with E-state index in [4.69, 9.17) is 4.98 Å². The normalized spacial score (nSPS) is 11.8. The summed E-state index contributed by atoms with van der Waals surface area (Å²) in [4.78, 5) is 4.99. The van der Waals surface area contributed by atoms with E-state index in [9.17, 15) is 0 Å². The zero-order valence-corrected chi connectivity index (χ0v) is 29.5. The van der Waals surface area contributed by atoms with E-state index in [1.807, 2.05) is 0 Å². The minimum absolute atomic E-state index is 1.03. The lowest BCUT2D eigenvalue weighted by molar-refractivity contribution is 1.17. The van der Waals surface area contributed by atoms with Crippen molar-refractivity contribution < 1.29 is 0 Å². The Hall–Kier alpha value is -6.75. The molecule has 4 heteroatoms. The number of hydrogen-bond acceptors (Lipinski definition) is 2. The van der Waals surface area contributed by atoms with Gasteiger partial charge in [-0.15, -0.1) is 11.3 Å². The van der Waals surface area contributed by atoms with Crippen LogP contribution in [0.4, 0.5) is 0 Å². The van der Waals surface area contributed by atoms with Gasteiger partial charge in [-0.3, -0.25) is 0 Å². The van der Waals surface area contributed by atoms with E-state index in [1.165, 1.54) is 70.6 Å². The van der Waals surface area contributed by atoms with Crippen molar-refractivity contribution >= 4 is 65.2 Å². The summed E-state index contributed by atoms with van der Waals surface area (Å²) in [6.07, 6.45) is 0. The predicted octanol–water partition coefficient (Wildman–Crippen LogP) is 13.5. The van der Waals surface area contributed by atoms with Gasteiger partial charge in [0.2, 0.25) is 0 Å². The molecule has 0 spiro atoms. The number of fused-ring (bicyclic) bond motifs is 7. The Morgan fingerprint density at radius 1 is 0.340 bits per heavy atom. The molecule has 0 bridgehead atoms. The first-order valence-corrected chi connectivity index (χ1v) is 18.8. The Kier molecular flexibility index (Phi) is 6.73. The molecule has 3 heterocycles. The van der Waals surface area contributed by atoms with Crippen LogP contribution in [0, 0.1) is 0 Å². The summed E-state index contributed by atoms with van der Waals surface area (Å²) in [5, 5.41) is 5.95. The van der Waals surface area contributed by atoms with Crippen molar-refractivity contribution in [2.75, 3.05) is 0 Å². The van der Waals surface area contributed by atoms with Gasteiger partial charge in [-0.05, 0) is 89.0 Å². The Labute approximate surface area is 310 Å². The van der Waals surface area contributed by atoms with Crippen molar-refractivity contribution in [2.45, 2.75) is 0 Å². The zero-order chi connectivity index (χ0) is 34.9. The van der Waals surface area contributed by atoms with E-state index >= 15 is 0 Å². The molecule has 0 saturated carbocycles. The monoisotopic (exact) mass is 693 g/mol. The second-order valence-corrected chi connectivity index (χ2v) is 14.7. The molecule has 53 heavy (non-hydrogen) atoms. The topological polar surface area (TPSA) is 22.8 Å². The van der Waals surface area contributed by atoms with Crippen LogP contribution in [0.3, 0.4) is 0 Å². The molecule has 0 radical (unpaired) electrons. The lowest BCUT2D eigenvalue weighted by atomic mass is 9.98. The van der Waals surface area contributed by atoms with E-state index in [2.05, 4.69) is 197 Å². The van der Waals surface area contributed by atoms with Gasteiger partial charge in [-0.1, -0.05) is 121 Å². The van der Waals surface area contributed by atoms with Crippen molar-refractivity contribution in [3.63, 3.8) is 0 Å². The maximum atomic E-state index is 4.99. The van der Waals surface area contributed by atoms with Gasteiger partial charge in [0.05, 0.1) is 32.3 Å². The van der Waals surface area contributed by atoms with Crippen LogP contribution in [0.2, 0.25) is 0 Å². The van der Waals surface area contributed by atoms with Gasteiger partial charge in [0.25, 0.3) is 0 Å². The number of thiazole rings is 1. The van der Waals surface area contributed by atoms with Crippen molar-refractivity contribution in [1.29, 1.82) is 0 Å². The van der Waals surface area contributed by atoms with Gasteiger partial charge >= 0.3 is 0 Å². The fraction of sp³-hybridized carbons (Fsp3) is 0. The molecule has 0 aliphatic rings. The summed E-state index contributed by atoms with van der Waals surface area (Å²) >= 11 is 1.74. The number of hydrogen-bond donors (Lipinski definition) is 0. The van der Waals surface area contributed by atoms with Crippen molar-refractivity contribution in [2.24, 2.45) is 0 Å². The Bertz CT molecular complexity index is 3080. The van der Waals surface area contributed by atoms with E-state index in [0.29, 0.717) is 0 Å². The third-order valence-corrected chi connectivity index (χ3v) is 11.6. The fourth-order valence-electron chi connectivity index (χ4n) is 8.10. The first kappa shape index (κ1) is 29.9.